The van der Waals surface area contributed by atoms with E-state index in [1.54, 1.807) is 0 Å². The summed E-state index contributed by atoms with van der Waals surface area (Å²) in [6, 6.07) is 0. The van der Waals surface area contributed by atoms with Gasteiger partial charge in [0.05, 0.1) is 26.4 Å². The fourth-order valence-corrected chi connectivity index (χ4v) is 8.33. The molecule has 3 unspecified atom stereocenters. The number of esters is 1. The summed E-state index contributed by atoms with van der Waals surface area (Å²) in [7, 11) is -4.53. The summed E-state index contributed by atoms with van der Waals surface area (Å²) in [6.45, 7) is 3.53. The molecule has 0 radical (unpaired) electrons. The van der Waals surface area contributed by atoms with Gasteiger partial charge in [-0.1, -0.05) is 230 Å². The number of aliphatic hydroxyl groups is 2. The molecular weight excluding hydrogens is 812 g/mol. The van der Waals surface area contributed by atoms with Gasteiger partial charge in [0.15, 0.2) is 0 Å². The predicted octanol–water partition coefficient (Wildman–Crippen LogP) is 15.5. The summed E-state index contributed by atoms with van der Waals surface area (Å²) in [5.74, 6) is -0.390. The van der Waals surface area contributed by atoms with E-state index in [9.17, 15) is 19.4 Å². The van der Waals surface area contributed by atoms with Crippen LogP contribution in [0.2, 0.25) is 0 Å². The van der Waals surface area contributed by atoms with E-state index in [0.717, 1.165) is 51.4 Å². The lowest BCUT2D eigenvalue weighted by molar-refractivity contribution is -0.154. The lowest BCUT2D eigenvalue weighted by Gasteiger charge is -2.20. The predicted molar refractivity (Wildman–Crippen MR) is 265 cm³/mol. The lowest BCUT2D eigenvalue weighted by atomic mass is 10.0. The molecular formula is C53H101O9P. The summed E-state index contributed by atoms with van der Waals surface area (Å²) in [5.41, 5.74) is 0. The number of phosphoric ester groups is 1. The van der Waals surface area contributed by atoms with E-state index in [1.807, 2.05) is 0 Å². The Morgan fingerprint density at radius 2 is 0.857 bits per heavy atom. The zero-order valence-electron chi connectivity index (χ0n) is 41.1. The van der Waals surface area contributed by atoms with Gasteiger partial charge in [-0.2, -0.15) is 0 Å². The van der Waals surface area contributed by atoms with Gasteiger partial charge in [-0.05, 0) is 51.4 Å². The van der Waals surface area contributed by atoms with Crippen molar-refractivity contribution < 1.29 is 43.0 Å². The van der Waals surface area contributed by atoms with E-state index >= 15 is 0 Å². The first-order valence-electron chi connectivity index (χ1n) is 26.5. The number of rotatable bonds is 51. The molecule has 0 rings (SSSR count). The Labute approximate surface area is 388 Å². The molecule has 3 atom stereocenters. The van der Waals surface area contributed by atoms with Gasteiger partial charge in [-0.15, -0.1) is 0 Å². The standard InChI is InChI=1S/C53H101O9P/c1-3-5-7-9-11-13-15-17-19-21-23-24-25-26-28-30-32-34-36-38-40-42-44-46-59-49-52(50-61-63(57,58)60-48-51(55)47-54)62-53(56)45-43-41-39-37-35-33-31-29-27-22-20-18-16-14-12-10-8-6-4-2/h12,14,18,20,27,29,51-52,54-55H,3-11,13,15-17,19,21-26,28,30-50H2,1-2H3,(H,57,58)/b14-12-,20-18-,29-27-. The van der Waals surface area contributed by atoms with Crippen molar-refractivity contribution in [1.29, 1.82) is 0 Å². The number of carbonyl (C=O) groups excluding carboxylic acids is 1. The molecule has 0 saturated carbocycles. The number of hydrogen-bond donors (Lipinski definition) is 3. The molecule has 0 aliphatic heterocycles. The summed E-state index contributed by atoms with van der Waals surface area (Å²) in [6.07, 6.45) is 56.9. The van der Waals surface area contributed by atoms with Gasteiger partial charge in [0.1, 0.15) is 12.2 Å². The van der Waals surface area contributed by atoms with Crippen molar-refractivity contribution >= 4 is 13.8 Å². The molecule has 0 spiro atoms. The van der Waals surface area contributed by atoms with E-state index < -0.39 is 39.2 Å². The Balaban J connectivity index is 4.04. The van der Waals surface area contributed by atoms with Crippen LogP contribution >= 0.6 is 7.82 Å². The van der Waals surface area contributed by atoms with Crippen molar-refractivity contribution in [2.24, 2.45) is 0 Å². The summed E-state index contributed by atoms with van der Waals surface area (Å²) < 4.78 is 33.5. The van der Waals surface area contributed by atoms with Crippen LogP contribution in [0.1, 0.15) is 251 Å². The molecule has 0 aromatic heterocycles. The third kappa shape index (κ3) is 49.9. The number of ether oxygens (including phenoxy) is 2. The first-order valence-corrected chi connectivity index (χ1v) is 28.0. The summed E-state index contributed by atoms with van der Waals surface area (Å²) in [5, 5.41) is 18.4. The van der Waals surface area contributed by atoms with Crippen molar-refractivity contribution in [1.82, 2.24) is 0 Å². The topological polar surface area (TPSA) is 132 Å². The highest BCUT2D eigenvalue weighted by Crippen LogP contribution is 2.43. The molecule has 0 heterocycles. The van der Waals surface area contributed by atoms with Gasteiger partial charge in [-0.3, -0.25) is 13.8 Å². The molecule has 372 valence electrons. The SMILES string of the molecule is CCCCC/C=C\C/C=C\C/C=C\CCCCCCCCC(=O)OC(COCCCCCCCCCCCCCCCCCCCCCCCCC)COP(=O)(O)OCC(O)CO. The molecule has 0 bridgehead atoms. The van der Waals surface area contributed by atoms with Gasteiger partial charge >= 0.3 is 13.8 Å². The van der Waals surface area contributed by atoms with Crippen LogP contribution in [0.3, 0.4) is 0 Å². The van der Waals surface area contributed by atoms with Crippen LogP contribution in [-0.4, -0.2) is 66.3 Å². The quantitative estimate of drug-likeness (QED) is 0.0236. The van der Waals surface area contributed by atoms with Gasteiger partial charge in [0.25, 0.3) is 0 Å². The first-order chi connectivity index (χ1) is 30.8. The Hall–Kier alpha value is -1.32. The second-order valence-corrected chi connectivity index (χ2v) is 19.4. The number of aliphatic hydroxyl groups excluding tert-OH is 2. The third-order valence-corrected chi connectivity index (χ3v) is 12.5. The van der Waals surface area contributed by atoms with Crippen molar-refractivity contribution in [3.05, 3.63) is 36.5 Å². The molecule has 3 N–H and O–H groups in total. The minimum atomic E-state index is -4.53. The fourth-order valence-electron chi connectivity index (χ4n) is 7.54. The van der Waals surface area contributed by atoms with Crippen LogP contribution in [0.15, 0.2) is 36.5 Å². The average Bonchev–Trinajstić information content (AvgIpc) is 3.28. The van der Waals surface area contributed by atoms with Crippen molar-refractivity contribution in [3.8, 4) is 0 Å². The second-order valence-electron chi connectivity index (χ2n) is 17.9. The Kier molecular flexibility index (Phi) is 49.1. The molecule has 10 heteroatoms. The molecule has 0 amide bonds. The van der Waals surface area contributed by atoms with Gasteiger partial charge in [-0.25, -0.2) is 4.57 Å². The largest absolute Gasteiger partial charge is 0.472 e. The average molecular weight is 913 g/mol. The number of hydrogen-bond acceptors (Lipinski definition) is 8. The van der Waals surface area contributed by atoms with Crippen LogP contribution in [0, 0.1) is 0 Å². The fraction of sp³-hybridized carbons (Fsp3) is 0.868. The molecule has 0 aromatic carbocycles. The molecule has 63 heavy (non-hydrogen) atoms. The number of carbonyl (C=O) groups is 1. The molecule has 9 nitrogen and oxygen atoms in total. The zero-order valence-corrected chi connectivity index (χ0v) is 42.0. The van der Waals surface area contributed by atoms with E-state index in [2.05, 4.69) is 50.3 Å². The normalized spacial score (nSPS) is 14.0. The summed E-state index contributed by atoms with van der Waals surface area (Å²) >= 11 is 0. The van der Waals surface area contributed by atoms with Crippen molar-refractivity contribution in [2.75, 3.05) is 33.0 Å². The number of allylic oxidation sites excluding steroid dienone is 6. The molecule has 0 aliphatic rings. The zero-order chi connectivity index (χ0) is 46.0. The van der Waals surface area contributed by atoms with Gasteiger partial charge < -0.3 is 24.6 Å². The van der Waals surface area contributed by atoms with Crippen molar-refractivity contribution in [3.63, 3.8) is 0 Å². The van der Waals surface area contributed by atoms with Crippen molar-refractivity contribution in [2.45, 2.75) is 264 Å². The van der Waals surface area contributed by atoms with E-state index in [0.29, 0.717) is 13.0 Å². The van der Waals surface area contributed by atoms with E-state index in [-0.39, 0.29) is 19.6 Å². The molecule has 0 saturated heterocycles. The number of phosphoric acid groups is 1. The first kappa shape index (κ1) is 61.7. The van der Waals surface area contributed by atoms with Crippen LogP contribution in [0.5, 0.6) is 0 Å². The second kappa shape index (κ2) is 50.1. The molecule has 0 aromatic rings. The highest BCUT2D eigenvalue weighted by atomic mass is 31.2. The maximum absolute atomic E-state index is 12.7. The lowest BCUT2D eigenvalue weighted by Crippen LogP contribution is -2.29. The minimum absolute atomic E-state index is 0.0472. The van der Waals surface area contributed by atoms with Crippen LogP contribution in [0.4, 0.5) is 0 Å². The van der Waals surface area contributed by atoms with Crippen LogP contribution in [0.25, 0.3) is 0 Å². The summed E-state index contributed by atoms with van der Waals surface area (Å²) in [4.78, 5) is 22.7. The van der Waals surface area contributed by atoms with Gasteiger partial charge in [0, 0.05) is 13.0 Å². The highest BCUT2D eigenvalue weighted by molar-refractivity contribution is 7.47. The molecule has 0 fully saturated rings. The third-order valence-electron chi connectivity index (χ3n) is 11.6. The Morgan fingerprint density at radius 3 is 1.32 bits per heavy atom. The highest BCUT2D eigenvalue weighted by Gasteiger charge is 2.26. The molecule has 0 aliphatic carbocycles. The monoisotopic (exact) mass is 913 g/mol. The van der Waals surface area contributed by atoms with Crippen LogP contribution < -0.4 is 0 Å². The smallest absolute Gasteiger partial charge is 0.457 e. The maximum atomic E-state index is 12.7. The Bertz CT molecular complexity index is 1080. The number of unbranched alkanes of at least 4 members (excludes halogenated alkanes) is 31. The van der Waals surface area contributed by atoms with Crippen LogP contribution in [-0.2, 0) is 27.9 Å². The van der Waals surface area contributed by atoms with Gasteiger partial charge in [0.2, 0.25) is 0 Å². The minimum Gasteiger partial charge on any atom is -0.457 e. The van der Waals surface area contributed by atoms with E-state index in [4.69, 9.17) is 23.6 Å². The Morgan fingerprint density at radius 1 is 0.492 bits per heavy atom. The maximum Gasteiger partial charge on any atom is 0.472 e. The van der Waals surface area contributed by atoms with E-state index in [1.165, 1.54) is 173 Å².